The smallest absolute Gasteiger partial charge is 0.334 e. The van der Waals surface area contributed by atoms with E-state index in [4.69, 9.17) is 14.2 Å². The number of allylic oxidation sites excluding steroid dienone is 1. The van der Waals surface area contributed by atoms with Gasteiger partial charge in [-0.2, -0.15) is 0 Å². The third kappa shape index (κ3) is 5.23. The number of rotatable bonds is 3. The molecule has 0 aromatic rings. The molecule has 0 aromatic heterocycles. The molecule has 1 saturated heterocycles. The molecule has 2 rings (SSSR count). The van der Waals surface area contributed by atoms with Gasteiger partial charge in [-0.15, -0.1) is 0 Å². The molecule has 1 heterocycles. The largest absolute Gasteiger partial charge is 0.458 e. The Hall–Kier alpha value is -2.67. The molecule has 29 heavy (non-hydrogen) atoms. The van der Waals surface area contributed by atoms with Gasteiger partial charge in [0.2, 0.25) is 0 Å². The van der Waals surface area contributed by atoms with Crippen molar-refractivity contribution in [2.24, 2.45) is 5.92 Å². The maximum Gasteiger partial charge on any atom is 0.334 e. The molecular formula is C22H28O7. The Morgan fingerprint density at radius 2 is 1.90 bits per heavy atom. The molecule has 5 atom stereocenters. The molecule has 0 aromatic carbocycles. The van der Waals surface area contributed by atoms with Crippen molar-refractivity contribution in [3.63, 3.8) is 0 Å². The van der Waals surface area contributed by atoms with Crippen molar-refractivity contribution in [2.45, 2.75) is 65.0 Å². The van der Waals surface area contributed by atoms with Gasteiger partial charge in [-0.3, -0.25) is 4.79 Å². The Kier molecular flexibility index (Phi) is 7.19. The molecule has 0 bridgehead atoms. The van der Waals surface area contributed by atoms with E-state index in [0.717, 1.165) is 5.57 Å². The van der Waals surface area contributed by atoms with Crippen molar-refractivity contribution in [1.82, 2.24) is 0 Å². The maximum atomic E-state index is 12.4. The van der Waals surface area contributed by atoms with Gasteiger partial charge in [0.25, 0.3) is 0 Å². The highest BCUT2D eigenvalue weighted by molar-refractivity contribution is 5.92. The fraction of sp³-hybridized carbons (Fsp3) is 0.500. The Morgan fingerprint density at radius 3 is 2.48 bits per heavy atom. The molecule has 7 heteroatoms. The SMILES string of the molecule is C=C1C(=O)O[C@@H]2[C@H]1[C@H](OC(=O)/C(C)=C/C)C/C(C)=C/[C@H](O)CC(=C)[C@@H]2OC(C)=O. The van der Waals surface area contributed by atoms with Crippen LogP contribution in [0, 0.1) is 5.92 Å². The summed E-state index contributed by atoms with van der Waals surface area (Å²) in [6.45, 7) is 14.1. The van der Waals surface area contributed by atoms with E-state index in [1.165, 1.54) is 6.92 Å². The van der Waals surface area contributed by atoms with Crippen LogP contribution in [0.5, 0.6) is 0 Å². The lowest BCUT2D eigenvalue weighted by molar-refractivity contribution is -0.162. The van der Waals surface area contributed by atoms with Crippen LogP contribution in [0.1, 0.15) is 40.5 Å². The summed E-state index contributed by atoms with van der Waals surface area (Å²) in [6.07, 6.45) is 0.0426. The minimum Gasteiger partial charge on any atom is -0.458 e. The molecule has 1 N–H and O–H groups in total. The Bertz CT molecular complexity index is 789. The van der Waals surface area contributed by atoms with E-state index < -0.39 is 48.2 Å². The summed E-state index contributed by atoms with van der Waals surface area (Å²) in [5, 5.41) is 10.3. The summed E-state index contributed by atoms with van der Waals surface area (Å²) < 4.78 is 16.6. The monoisotopic (exact) mass is 404 g/mol. The van der Waals surface area contributed by atoms with E-state index in [1.54, 1.807) is 32.9 Å². The molecule has 0 radical (unpaired) electrons. The van der Waals surface area contributed by atoms with Crippen molar-refractivity contribution >= 4 is 17.9 Å². The first-order valence-electron chi connectivity index (χ1n) is 9.49. The minimum absolute atomic E-state index is 0.130. The highest BCUT2D eigenvalue weighted by Crippen LogP contribution is 2.39. The zero-order chi connectivity index (χ0) is 21.9. The molecule has 7 nitrogen and oxygen atoms in total. The number of ether oxygens (including phenoxy) is 3. The van der Waals surface area contributed by atoms with Crippen LogP contribution in [0.4, 0.5) is 0 Å². The number of hydrogen-bond acceptors (Lipinski definition) is 7. The van der Waals surface area contributed by atoms with Gasteiger partial charge in [-0.1, -0.05) is 30.9 Å². The number of aliphatic hydroxyl groups is 1. The van der Waals surface area contributed by atoms with Gasteiger partial charge in [-0.25, -0.2) is 9.59 Å². The molecule has 0 amide bonds. The van der Waals surface area contributed by atoms with E-state index in [9.17, 15) is 19.5 Å². The highest BCUT2D eigenvalue weighted by atomic mass is 16.6. The van der Waals surface area contributed by atoms with Gasteiger partial charge in [0, 0.05) is 30.9 Å². The number of fused-ring (bicyclic) bond motifs is 1. The zero-order valence-electron chi connectivity index (χ0n) is 17.3. The zero-order valence-corrected chi connectivity index (χ0v) is 17.3. The molecule has 158 valence electrons. The van der Waals surface area contributed by atoms with E-state index >= 15 is 0 Å². The summed E-state index contributed by atoms with van der Waals surface area (Å²) in [6, 6.07) is 0. The van der Waals surface area contributed by atoms with Crippen molar-refractivity contribution in [2.75, 3.05) is 0 Å². The van der Waals surface area contributed by atoms with Crippen molar-refractivity contribution < 1.29 is 33.7 Å². The van der Waals surface area contributed by atoms with Crippen LogP contribution < -0.4 is 0 Å². The fourth-order valence-electron chi connectivity index (χ4n) is 3.60. The Morgan fingerprint density at radius 1 is 1.24 bits per heavy atom. The second-order valence-corrected chi connectivity index (χ2v) is 7.51. The summed E-state index contributed by atoms with van der Waals surface area (Å²) in [5.74, 6) is -2.48. The van der Waals surface area contributed by atoms with E-state index in [-0.39, 0.29) is 18.4 Å². The second-order valence-electron chi connectivity index (χ2n) is 7.51. The first-order valence-corrected chi connectivity index (χ1v) is 9.49. The topological polar surface area (TPSA) is 99.1 Å². The van der Waals surface area contributed by atoms with Gasteiger partial charge in [0.1, 0.15) is 6.10 Å². The standard InChI is InChI=1S/C22H28O7/c1-7-12(3)21(25)28-17-9-11(2)8-16(24)10-13(4)19(27-15(6)23)20-18(17)14(5)22(26)29-20/h7-8,16-20,24H,4-5,9-10H2,1-3,6H3/b11-8+,12-7+/t16-,17+,18+,19-,20+/m0/s1. The number of carbonyl (C=O) groups excluding carboxylic acids is 3. The van der Waals surface area contributed by atoms with Gasteiger partial charge in [0.05, 0.1) is 12.0 Å². The molecule has 1 aliphatic carbocycles. The van der Waals surface area contributed by atoms with E-state index in [0.29, 0.717) is 11.1 Å². The lowest BCUT2D eigenvalue weighted by atomic mass is 9.81. The molecule has 0 spiro atoms. The number of aliphatic hydroxyl groups excluding tert-OH is 1. The van der Waals surface area contributed by atoms with Crippen molar-refractivity contribution in [1.29, 1.82) is 0 Å². The van der Waals surface area contributed by atoms with Gasteiger partial charge < -0.3 is 19.3 Å². The molecule has 0 saturated carbocycles. The molecule has 2 aliphatic rings. The fourth-order valence-corrected chi connectivity index (χ4v) is 3.60. The van der Waals surface area contributed by atoms with Crippen molar-refractivity contribution in [3.05, 3.63) is 47.6 Å². The van der Waals surface area contributed by atoms with Gasteiger partial charge >= 0.3 is 17.9 Å². The number of carbonyl (C=O) groups is 3. The van der Waals surface area contributed by atoms with Crippen LogP contribution in [-0.2, 0) is 28.6 Å². The summed E-state index contributed by atoms with van der Waals surface area (Å²) in [5.41, 5.74) is 1.73. The Labute approximate surface area is 170 Å². The summed E-state index contributed by atoms with van der Waals surface area (Å²) in [4.78, 5) is 36.5. The molecular weight excluding hydrogens is 376 g/mol. The summed E-state index contributed by atoms with van der Waals surface area (Å²) >= 11 is 0. The third-order valence-corrected chi connectivity index (χ3v) is 5.14. The number of esters is 3. The van der Waals surface area contributed by atoms with E-state index in [1.807, 2.05) is 0 Å². The third-order valence-electron chi connectivity index (χ3n) is 5.14. The lowest BCUT2D eigenvalue weighted by Crippen LogP contribution is -2.43. The second kappa shape index (κ2) is 9.22. The molecule has 1 fully saturated rings. The first kappa shape index (κ1) is 22.6. The van der Waals surface area contributed by atoms with Gasteiger partial charge in [-0.05, 0) is 26.3 Å². The summed E-state index contributed by atoms with van der Waals surface area (Å²) in [7, 11) is 0. The van der Waals surface area contributed by atoms with Gasteiger partial charge in [0.15, 0.2) is 12.2 Å². The van der Waals surface area contributed by atoms with E-state index in [2.05, 4.69) is 13.2 Å². The average Bonchev–Trinajstić information content (AvgIpc) is 2.91. The average molecular weight is 404 g/mol. The highest BCUT2D eigenvalue weighted by Gasteiger charge is 2.50. The van der Waals surface area contributed by atoms with Crippen LogP contribution in [0.2, 0.25) is 0 Å². The first-order chi connectivity index (χ1) is 13.5. The van der Waals surface area contributed by atoms with Crippen LogP contribution in [0.3, 0.4) is 0 Å². The maximum absolute atomic E-state index is 12.4. The quantitative estimate of drug-likeness (QED) is 0.334. The molecule has 1 aliphatic heterocycles. The lowest BCUT2D eigenvalue weighted by Gasteiger charge is -2.33. The van der Waals surface area contributed by atoms with Crippen molar-refractivity contribution in [3.8, 4) is 0 Å². The van der Waals surface area contributed by atoms with Crippen LogP contribution >= 0.6 is 0 Å². The van der Waals surface area contributed by atoms with Crippen LogP contribution in [0.25, 0.3) is 0 Å². The molecule has 0 unspecified atom stereocenters. The number of hydrogen-bond donors (Lipinski definition) is 1. The minimum atomic E-state index is -0.994. The normalized spacial score (nSPS) is 32.6. The van der Waals surface area contributed by atoms with Crippen LogP contribution in [-0.4, -0.2) is 47.4 Å². The predicted molar refractivity (Wildman–Crippen MR) is 106 cm³/mol. The predicted octanol–water partition coefficient (Wildman–Crippen LogP) is 2.55. The Balaban J connectivity index is 2.54. The van der Waals surface area contributed by atoms with Crippen LogP contribution in [0.15, 0.2) is 47.6 Å².